The molecule has 3 aromatic rings. The number of halogens is 4. The number of nitrogens with one attached hydrogen (secondary N) is 1. The van der Waals surface area contributed by atoms with E-state index in [9.17, 15) is 18.0 Å². The first-order valence-corrected chi connectivity index (χ1v) is 9.65. The lowest BCUT2D eigenvalue weighted by Gasteiger charge is -2.21. The molecule has 5 nitrogen and oxygen atoms in total. The molecule has 0 bridgehead atoms. The van der Waals surface area contributed by atoms with Crippen LogP contribution < -0.4 is 5.32 Å². The molecule has 0 saturated heterocycles. The second-order valence-electron chi connectivity index (χ2n) is 6.85. The van der Waals surface area contributed by atoms with E-state index in [1.807, 2.05) is 13.8 Å². The monoisotopic (exact) mass is 437 g/mol. The summed E-state index contributed by atoms with van der Waals surface area (Å²) in [7, 11) is 0. The van der Waals surface area contributed by atoms with Crippen molar-refractivity contribution >= 4 is 17.5 Å². The second-order valence-corrected chi connectivity index (χ2v) is 7.26. The Balaban J connectivity index is 1.85. The van der Waals surface area contributed by atoms with Gasteiger partial charge in [-0.15, -0.1) is 0 Å². The largest absolute Gasteiger partial charge is 0.416 e. The van der Waals surface area contributed by atoms with E-state index in [1.165, 1.54) is 12.1 Å². The van der Waals surface area contributed by atoms with Crippen molar-refractivity contribution in [3.05, 3.63) is 70.6 Å². The summed E-state index contributed by atoms with van der Waals surface area (Å²) in [5.41, 5.74) is -0.0762. The molecular weight excluding hydrogens is 419 g/mol. The van der Waals surface area contributed by atoms with E-state index in [4.69, 9.17) is 16.1 Å². The normalized spacial score (nSPS) is 13.7. The summed E-state index contributed by atoms with van der Waals surface area (Å²) in [5, 5.41) is 7.05. The third-order valence-corrected chi connectivity index (χ3v) is 5.13. The molecule has 1 aromatic heterocycles. The Morgan fingerprint density at radius 2 is 1.83 bits per heavy atom. The fraction of sp³-hybridized carbons (Fsp3) is 0.286. The fourth-order valence-electron chi connectivity index (χ4n) is 2.83. The number of hydrogen-bond donors (Lipinski definition) is 1. The minimum atomic E-state index is -4.43. The van der Waals surface area contributed by atoms with Gasteiger partial charge in [0.25, 0.3) is 5.91 Å². The molecule has 1 heterocycles. The smallest absolute Gasteiger partial charge is 0.340 e. The molecule has 30 heavy (non-hydrogen) atoms. The van der Waals surface area contributed by atoms with Crippen LogP contribution in [0.5, 0.6) is 0 Å². The molecule has 9 heteroatoms. The van der Waals surface area contributed by atoms with Crippen LogP contribution in [0.1, 0.15) is 48.1 Å². The van der Waals surface area contributed by atoms with Gasteiger partial charge in [-0.05, 0) is 30.2 Å². The summed E-state index contributed by atoms with van der Waals surface area (Å²) in [6, 6.07) is 10.5. The lowest BCUT2D eigenvalue weighted by molar-refractivity contribution is -0.137. The summed E-state index contributed by atoms with van der Waals surface area (Å²) in [5.74, 6) is -0.129. The summed E-state index contributed by atoms with van der Waals surface area (Å²) < 4.78 is 43.6. The highest BCUT2D eigenvalue weighted by Crippen LogP contribution is 2.31. The number of aromatic nitrogens is 2. The molecule has 3 rings (SSSR count). The van der Waals surface area contributed by atoms with Crippen molar-refractivity contribution in [1.82, 2.24) is 15.5 Å². The lowest BCUT2D eigenvalue weighted by Crippen LogP contribution is -2.33. The van der Waals surface area contributed by atoms with Gasteiger partial charge in [-0.3, -0.25) is 4.79 Å². The van der Waals surface area contributed by atoms with Crippen LogP contribution >= 0.6 is 11.6 Å². The zero-order valence-electron chi connectivity index (χ0n) is 16.2. The van der Waals surface area contributed by atoms with Crippen molar-refractivity contribution in [2.75, 3.05) is 0 Å². The van der Waals surface area contributed by atoms with Crippen molar-refractivity contribution in [2.45, 2.75) is 32.5 Å². The van der Waals surface area contributed by atoms with Crippen molar-refractivity contribution in [3.8, 4) is 11.4 Å². The molecule has 0 unspecified atom stereocenters. The molecular formula is C21H19ClF3N3O2. The van der Waals surface area contributed by atoms with Gasteiger partial charge in [-0.25, -0.2) is 0 Å². The van der Waals surface area contributed by atoms with Crippen LogP contribution in [-0.4, -0.2) is 16.0 Å². The summed E-state index contributed by atoms with van der Waals surface area (Å²) in [6.07, 6.45) is -3.71. The minimum absolute atomic E-state index is 0.0441. The minimum Gasteiger partial charge on any atom is -0.340 e. The SMILES string of the molecule is CC[C@@H](C)[C@H](NC(=O)c1ccccc1Cl)c1nc(-c2ccc(C(F)(F)F)cc2)no1. The Hall–Kier alpha value is -2.87. The second kappa shape index (κ2) is 8.87. The van der Waals surface area contributed by atoms with Gasteiger partial charge in [0, 0.05) is 5.56 Å². The van der Waals surface area contributed by atoms with Crippen LogP contribution in [0.25, 0.3) is 11.4 Å². The number of alkyl halides is 3. The van der Waals surface area contributed by atoms with Crippen LogP contribution in [0.3, 0.4) is 0 Å². The van der Waals surface area contributed by atoms with Crippen LogP contribution in [0, 0.1) is 5.92 Å². The summed E-state index contributed by atoms with van der Waals surface area (Å²) >= 11 is 6.10. The van der Waals surface area contributed by atoms with Crippen LogP contribution in [0.2, 0.25) is 5.02 Å². The molecule has 1 amide bonds. The maximum Gasteiger partial charge on any atom is 0.416 e. The number of benzene rings is 2. The molecule has 1 N–H and O–H groups in total. The van der Waals surface area contributed by atoms with E-state index in [1.54, 1.807) is 24.3 Å². The van der Waals surface area contributed by atoms with E-state index >= 15 is 0 Å². The molecule has 2 aromatic carbocycles. The van der Waals surface area contributed by atoms with Gasteiger partial charge in [-0.2, -0.15) is 18.2 Å². The highest BCUT2D eigenvalue weighted by molar-refractivity contribution is 6.33. The first-order chi connectivity index (χ1) is 14.2. The predicted molar refractivity (Wildman–Crippen MR) is 106 cm³/mol. The van der Waals surface area contributed by atoms with Gasteiger partial charge in [0.15, 0.2) is 0 Å². The molecule has 2 atom stereocenters. The van der Waals surface area contributed by atoms with E-state index in [2.05, 4.69) is 15.5 Å². The third kappa shape index (κ3) is 4.81. The van der Waals surface area contributed by atoms with Crippen LogP contribution in [-0.2, 0) is 6.18 Å². The zero-order chi connectivity index (χ0) is 21.9. The Morgan fingerprint density at radius 3 is 2.43 bits per heavy atom. The molecule has 0 saturated carbocycles. The Labute approximate surface area is 176 Å². The third-order valence-electron chi connectivity index (χ3n) is 4.80. The maximum atomic E-state index is 12.8. The molecule has 0 aliphatic carbocycles. The molecule has 158 valence electrons. The van der Waals surface area contributed by atoms with Crippen LogP contribution in [0.15, 0.2) is 53.1 Å². The molecule has 0 spiro atoms. The van der Waals surface area contributed by atoms with E-state index in [-0.39, 0.29) is 23.5 Å². The standard InChI is InChI=1S/C21H19ClF3N3O2/c1-3-12(2)17(26-19(29)15-6-4-5-7-16(15)22)20-27-18(28-30-20)13-8-10-14(11-9-13)21(23,24)25/h4-12,17H,3H2,1-2H3,(H,26,29)/t12-,17+/m1/s1. The van der Waals surface area contributed by atoms with Crippen molar-refractivity contribution < 1.29 is 22.5 Å². The predicted octanol–water partition coefficient (Wildman–Crippen LogP) is 5.93. The Morgan fingerprint density at radius 1 is 1.17 bits per heavy atom. The van der Waals surface area contributed by atoms with Crippen LogP contribution in [0.4, 0.5) is 13.2 Å². The summed E-state index contributed by atoms with van der Waals surface area (Å²) in [6.45, 7) is 3.87. The van der Waals surface area contributed by atoms with Gasteiger partial charge in [-0.1, -0.05) is 61.3 Å². The zero-order valence-corrected chi connectivity index (χ0v) is 17.0. The molecule has 0 aliphatic heterocycles. The van der Waals surface area contributed by atoms with E-state index in [0.717, 1.165) is 12.1 Å². The maximum absolute atomic E-state index is 12.8. The van der Waals surface area contributed by atoms with Crippen molar-refractivity contribution in [1.29, 1.82) is 0 Å². The molecule has 0 fully saturated rings. The van der Waals surface area contributed by atoms with E-state index in [0.29, 0.717) is 22.6 Å². The highest BCUT2D eigenvalue weighted by Gasteiger charge is 2.31. The number of carbonyl (C=O) groups is 1. The first kappa shape index (κ1) is 21.8. The van der Waals surface area contributed by atoms with Gasteiger partial charge >= 0.3 is 6.18 Å². The van der Waals surface area contributed by atoms with Crippen molar-refractivity contribution in [3.63, 3.8) is 0 Å². The number of carbonyl (C=O) groups excluding carboxylic acids is 1. The number of hydrogen-bond acceptors (Lipinski definition) is 4. The fourth-order valence-corrected chi connectivity index (χ4v) is 3.06. The Bertz CT molecular complexity index is 1020. The number of rotatable bonds is 6. The lowest BCUT2D eigenvalue weighted by atomic mass is 9.98. The van der Waals surface area contributed by atoms with Gasteiger partial charge in [0.05, 0.1) is 16.1 Å². The number of amides is 1. The van der Waals surface area contributed by atoms with Gasteiger partial charge in [0.1, 0.15) is 6.04 Å². The first-order valence-electron chi connectivity index (χ1n) is 9.27. The average molecular weight is 438 g/mol. The topological polar surface area (TPSA) is 68.0 Å². The van der Waals surface area contributed by atoms with Crippen molar-refractivity contribution in [2.24, 2.45) is 5.92 Å². The highest BCUT2D eigenvalue weighted by atomic mass is 35.5. The van der Waals surface area contributed by atoms with E-state index < -0.39 is 17.8 Å². The Kier molecular flexibility index (Phi) is 6.45. The average Bonchev–Trinajstić information content (AvgIpc) is 3.21. The quantitative estimate of drug-likeness (QED) is 0.519. The number of nitrogens with zero attached hydrogens (tertiary/aromatic N) is 2. The van der Waals surface area contributed by atoms with Gasteiger partial charge in [0.2, 0.25) is 11.7 Å². The summed E-state index contributed by atoms with van der Waals surface area (Å²) in [4.78, 5) is 17.0. The van der Waals surface area contributed by atoms with Gasteiger partial charge < -0.3 is 9.84 Å². The molecule has 0 radical (unpaired) electrons. The molecule has 0 aliphatic rings.